The first-order valence-corrected chi connectivity index (χ1v) is 13.6. The Morgan fingerprint density at radius 2 is 1.92 bits per heavy atom. The van der Waals surface area contributed by atoms with Gasteiger partial charge in [-0.2, -0.15) is 0 Å². The fourth-order valence-electron chi connectivity index (χ4n) is 6.98. The van der Waals surface area contributed by atoms with Crippen LogP contribution in [0.1, 0.15) is 73.1 Å². The molecule has 0 radical (unpaired) electrons. The van der Waals surface area contributed by atoms with E-state index in [1.54, 1.807) is 17.1 Å². The molecule has 2 bridgehead atoms. The highest BCUT2D eigenvalue weighted by atomic mass is 16.6. The van der Waals surface area contributed by atoms with Crippen molar-refractivity contribution in [2.45, 2.75) is 96.4 Å². The molecule has 3 saturated heterocycles. The summed E-state index contributed by atoms with van der Waals surface area (Å²) in [6.07, 6.45) is 6.46. The van der Waals surface area contributed by atoms with Crippen LogP contribution in [0, 0.1) is 17.3 Å². The molecule has 8 heteroatoms. The van der Waals surface area contributed by atoms with E-state index in [0.29, 0.717) is 45.2 Å². The molecule has 3 fully saturated rings. The average molecular weight is 519 g/mol. The van der Waals surface area contributed by atoms with Gasteiger partial charge in [0.25, 0.3) is 0 Å². The van der Waals surface area contributed by atoms with Gasteiger partial charge >= 0.3 is 5.97 Å². The van der Waals surface area contributed by atoms with Gasteiger partial charge in [0.2, 0.25) is 11.8 Å². The van der Waals surface area contributed by atoms with Crippen LogP contribution in [0.4, 0.5) is 0 Å². The van der Waals surface area contributed by atoms with Crippen LogP contribution in [-0.2, 0) is 23.9 Å². The van der Waals surface area contributed by atoms with Crippen molar-refractivity contribution in [3.8, 4) is 0 Å². The van der Waals surface area contributed by atoms with E-state index in [-0.39, 0.29) is 30.4 Å². The van der Waals surface area contributed by atoms with E-state index in [0.717, 1.165) is 6.42 Å². The molecule has 2 unspecified atom stereocenters. The van der Waals surface area contributed by atoms with E-state index in [9.17, 15) is 19.5 Å². The topological polar surface area (TPSA) is 96.4 Å². The zero-order valence-corrected chi connectivity index (χ0v) is 23.3. The van der Waals surface area contributed by atoms with Crippen molar-refractivity contribution >= 4 is 17.8 Å². The van der Waals surface area contributed by atoms with Crippen molar-refractivity contribution in [2.75, 3.05) is 26.3 Å². The number of aliphatic hydroxyl groups is 1. The predicted molar refractivity (Wildman–Crippen MR) is 141 cm³/mol. The fraction of sp³-hybridized carbons (Fsp3) is 0.759. The van der Waals surface area contributed by atoms with Crippen molar-refractivity contribution in [1.29, 1.82) is 0 Å². The van der Waals surface area contributed by atoms with Crippen molar-refractivity contribution in [3.05, 3.63) is 25.3 Å². The molecule has 3 heterocycles. The van der Waals surface area contributed by atoms with Gasteiger partial charge in [0, 0.05) is 25.2 Å². The number of aliphatic hydroxyl groups excluding tert-OH is 1. The standard InChI is InChI=1S/C29H46N2O6/c1-8-10-18-36-26(35)21-20-13-14-29(37-20)22(21)24(33)30(16-11-12-17-32)23(29)25(34)31(15-9-2)28(6,7)19-27(3,4)5/h8-9,20-23,32H,1-2,10-19H2,3-7H3/t20-,21+,22-,23?,29?/m0/s1. The molecule has 8 nitrogen and oxygen atoms in total. The number of fused-ring (bicyclic) bond motifs is 1. The number of hydrogen-bond acceptors (Lipinski definition) is 6. The normalized spacial score (nSPS) is 28.8. The van der Waals surface area contributed by atoms with Gasteiger partial charge in [-0.25, -0.2) is 0 Å². The molecule has 0 aromatic carbocycles. The third-order valence-corrected chi connectivity index (χ3v) is 7.95. The zero-order valence-electron chi connectivity index (χ0n) is 23.3. The Morgan fingerprint density at radius 3 is 2.51 bits per heavy atom. The highest BCUT2D eigenvalue weighted by molar-refractivity contribution is 5.98. The molecule has 5 atom stereocenters. The van der Waals surface area contributed by atoms with Gasteiger partial charge in [-0.15, -0.1) is 13.2 Å². The molecule has 37 heavy (non-hydrogen) atoms. The van der Waals surface area contributed by atoms with E-state index in [1.807, 2.05) is 4.90 Å². The summed E-state index contributed by atoms with van der Waals surface area (Å²) in [5.41, 5.74) is -1.59. The molecule has 3 rings (SSSR count). The fourth-order valence-corrected chi connectivity index (χ4v) is 6.98. The summed E-state index contributed by atoms with van der Waals surface area (Å²) < 4.78 is 12.0. The van der Waals surface area contributed by atoms with Crippen LogP contribution in [0.3, 0.4) is 0 Å². The van der Waals surface area contributed by atoms with E-state index in [4.69, 9.17) is 9.47 Å². The maximum absolute atomic E-state index is 14.5. The summed E-state index contributed by atoms with van der Waals surface area (Å²) in [6.45, 7) is 19.0. The summed E-state index contributed by atoms with van der Waals surface area (Å²) in [5.74, 6) is -2.31. The highest BCUT2D eigenvalue weighted by Crippen LogP contribution is 2.59. The molecule has 208 valence electrons. The Morgan fingerprint density at radius 1 is 1.22 bits per heavy atom. The van der Waals surface area contributed by atoms with E-state index < -0.39 is 41.1 Å². The van der Waals surface area contributed by atoms with Gasteiger partial charge in [0.1, 0.15) is 11.6 Å². The maximum atomic E-state index is 14.5. The average Bonchev–Trinajstić information content (AvgIpc) is 3.43. The molecule has 0 saturated carbocycles. The smallest absolute Gasteiger partial charge is 0.312 e. The van der Waals surface area contributed by atoms with Gasteiger partial charge in [0.05, 0.1) is 24.5 Å². The Labute approximate surface area is 222 Å². The van der Waals surface area contributed by atoms with Gasteiger partial charge in [0.15, 0.2) is 0 Å². The first kappa shape index (κ1) is 29.4. The predicted octanol–water partition coefficient (Wildman–Crippen LogP) is 3.48. The first-order valence-electron chi connectivity index (χ1n) is 13.6. The minimum absolute atomic E-state index is 0.00719. The molecule has 3 aliphatic rings. The van der Waals surface area contributed by atoms with Crippen LogP contribution in [0.25, 0.3) is 0 Å². The number of likely N-dealkylation sites (tertiary alicyclic amines) is 1. The van der Waals surface area contributed by atoms with E-state index in [2.05, 4.69) is 47.8 Å². The number of esters is 1. The van der Waals surface area contributed by atoms with Gasteiger partial charge in [-0.1, -0.05) is 32.9 Å². The van der Waals surface area contributed by atoms with Gasteiger partial charge in [-0.05, 0) is 57.8 Å². The van der Waals surface area contributed by atoms with E-state index in [1.165, 1.54) is 0 Å². The third-order valence-electron chi connectivity index (χ3n) is 7.95. The zero-order chi connectivity index (χ0) is 27.6. The second-order valence-corrected chi connectivity index (χ2v) is 12.6. The largest absolute Gasteiger partial charge is 0.465 e. The highest BCUT2D eigenvalue weighted by Gasteiger charge is 2.75. The van der Waals surface area contributed by atoms with Crippen LogP contribution in [0.15, 0.2) is 25.3 Å². The quantitative estimate of drug-likeness (QED) is 0.228. The summed E-state index contributed by atoms with van der Waals surface area (Å²) in [4.78, 5) is 45.0. The Hall–Kier alpha value is -2.19. The van der Waals surface area contributed by atoms with Crippen molar-refractivity contribution in [2.24, 2.45) is 17.3 Å². The van der Waals surface area contributed by atoms with E-state index >= 15 is 0 Å². The molecule has 1 spiro atoms. The molecule has 2 amide bonds. The van der Waals surface area contributed by atoms with Crippen LogP contribution < -0.4 is 0 Å². The van der Waals surface area contributed by atoms with Crippen molar-refractivity contribution in [3.63, 3.8) is 0 Å². The van der Waals surface area contributed by atoms with Crippen LogP contribution >= 0.6 is 0 Å². The number of carbonyl (C=O) groups is 3. The first-order chi connectivity index (χ1) is 17.3. The second-order valence-electron chi connectivity index (χ2n) is 12.6. The molecule has 0 aromatic rings. The molecule has 3 aliphatic heterocycles. The number of ether oxygens (including phenoxy) is 2. The van der Waals surface area contributed by atoms with Crippen LogP contribution in [0.2, 0.25) is 0 Å². The monoisotopic (exact) mass is 518 g/mol. The molecular weight excluding hydrogens is 472 g/mol. The van der Waals surface area contributed by atoms with Crippen molar-refractivity contribution < 1.29 is 29.0 Å². The summed E-state index contributed by atoms with van der Waals surface area (Å²) in [6, 6.07) is -0.834. The lowest BCUT2D eigenvalue weighted by molar-refractivity contribution is -0.156. The number of rotatable bonds is 13. The van der Waals surface area contributed by atoms with Crippen LogP contribution in [-0.4, -0.2) is 82.3 Å². The number of amides is 2. The minimum Gasteiger partial charge on any atom is -0.465 e. The summed E-state index contributed by atoms with van der Waals surface area (Å²) >= 11 is 0. The number of unbranched alkanes of at least 4 members (excludes halogenated alkanes) is 1. The molecule has 0 aromatic heterocycles. The second kappa shape index (κ2) is 11.3. The maximum Gasteiger partial charge on any atom is 0.312 e. The Kier molecular flexibility index (Phi) is 8.95. The minimum atomic E-state index is -1.06. The lowest BCUT2D eigenvalue weighted by atomic mass is 9.70. The third kappa shape index (κ3) is 5.65. The summed E-state index contributed by atoms with van der Waals surface area (Å²) in [5, 5.41) is 9.35. The molecule has 1 N–H and O–H groups in total. The van der Waals surface area contributed by atoms with Crippen LogP contribution in [0.5, 0.6) is 0 Å². The lowest BCUT2D eigenvalue weighted by Crippen LogP contribution is -2.61. The van der Waals surface area contributed by atoms with Gasteiger partial charge < -0.3 is 24.4 Å². The Balaban J connectivity index is 2.01. The number of nitrogens with zero attached hydrogens (tertiary/aromatic N) is 2. The number of hydrogen-bond donors (Lipinski definition) is 1. The Bertz CT molecular complexity index is 893. The van der Waals surface area contributed by atoms with Gasteiger partial charge in [-0.3, -0.25) is 14.4 Å². The van der Waals surface area contributed by atoms with Crippen molar-refractivity contribution in [1.82, 2.24) is 9.80 Å². The number of carbonyl (C=O) groups excluding carboxylic acids is 3. The SMILES string of the molecule is C=CCCOC(=O)[C@@H]1[C@@H]2CCC3(O2)C(C(=O)N(CC=C)C(C)(C)CC(C)(C)C)N(CCCCO)C(=O)[C@H]13. The molecular formula is C29H46N2O6. The summed E-state index contributed by atoms with van der Waals surface area (Å²) in [7, 11) is 0. The lowest BCUT2D eigenvalue weighted by Gasteiger charge is -2.45. The molecule has 0 aliphatic carbocycles.